The lowest BCUT2D eigenvalue weighted by Crippen LogP contribution is -2.48. The second kappa shape index (κ2) is 7.13. The summed E-state index contributed by atoms with van der Waals surface area (Å²) in [6, 6.07) is 0. The largest absolute Gasteiger partial charge is 0.350 e. The quantitative estimate of drug-likeness (QED) is 0.788. The van der Waals surface area contributed by atoms with E-state index in [4.69, 9.17) is 5.73 Å². The van der Waals surface area contributed by atoms with Gasteiger partial charge in [-0.2, -0.15) is 0 Å². The Kier molecular flexibility index (Phi) is 8.06. The van der Waals surface area contributed by atoms with Crippen molar-refractivity contribution in [3.8, 4) is 0 Å². The number of nitrogens with two attached hydrogens (primary N) is 1. The highest BCUT2D eigenvalue weighted by atomic mass is 35.5. The van der Waals surface area contributed by atoms with E-state index < -0.39 is 0 Å². The van der Waals surface area contributed by atoms with Crippen molar-refractivity contribution in [2.24, 2.45) is 11.1 Å². The zero-order valence-corrected chi connectivity index (χ0v) is 12.0. The highest BCUT2D eigenvalue weighted by Crippen LogP contribution is 2.21. The molecule has 1 amide bonds. The summed E-state index contributed by atoms with van der Waals surface area (Å²) in [6.45, 7) is 10.9. The lowest BCUT2D eigenvalue weighted by Gasteiger charge is -2.24. The predicted molar refractivity (Wildman–Crippen MR) is 71.8 cm³/mol. The second-order valence-electron chi connectivity index (χ2n) is 6.05. The van der Waals surface area contributed by atoms with Gasteiger partial charge in [-0.1, -0.05) is 20.8 Å². The Labute approximate surface area is 106 Å². The average Bonchev–Trinajstić information content (AvgIpc) is 2.00. The van der Waals surface area contributed by atoms with Crippen LogP contribution in [0.3, 0.4) is 0 Å². The minimum Gasteiger partial charge on any atom is -0.350 e. The molecule has 4 heteroatoms. The van der Waals surface area contributed by atoms with Gasteiger partial charge in [0.15, 0.2) is 0 Å². The third-order valence-corrected chi connectivity index (χ3v) is 2.32. The zero-order valence-electron chi connectivity index (χ0n) is 11.2. The van der Waals surface area contributed by atoms with Crippen LogP contribution in [-0.4, -0.2) is 18.0 Å². The molecule has 16 heavy (non-hydrogen) atoms. The van der Waals surface area contributed by atoms with E-state index in [0.717, 1.165) is 12.8 Å². The van der Waals surface area contributed by atoms with E-state index in [1.54, 1.807) is 0 Å². The van der Waals surface area contributed by atoms with E-state index in [9.17, 15) is 4.79 Å². The van der Waals surface area contributed by atoms with Crippen LogP contribution in [0.1, 0.15) is 53.9 Å². The summed E-state index contributed by atoms with van der Waals surface area (Å²) in [5.41, 5.74) is 5.57. The van der Waals surface area contributed by atoms with Gasteiger partial charge < -0.3 is 11.1 Å². The van der Waals surface area contributed by atoms with Crippen molar-refractivity contribution in [3.63, 3.8) is 0 Å². The van der Waals surface area contributed by atoms with Gasteiger partial charge in [-0.15, -0.1) is 12.4 Å². The van der Waals surface area contributed by atoms with Crippen molar-refractivity contribution >= 4 is 18.3 Å². The molecule has 0 unspecified atom stereocenters. The lowest BCUT2D eigenvalue weighted by atomic mass is 9.90. The molecule has 0 rings (SSSR count). The molecule has 0 aromatic carbocycles. The topological polar surface area (TPSA) is 55.1 Å². The number of amides is 1. The van der Waals surface area contributed by atoms with Crippen molar-refractivity contribution in [3.05, 3.63) is 0 Å². The zero-order chi connectivity index (χ0) is 12.1. The molecular formula is C12H27ClN2O. The number of hydrogen-bond acceptors (Lipinski definition) is 2. The highest BCUT2D eigenvalue weighted by molar-refractivity contribution is 5.85. The molecular weight excluding hydrogens is 224 g/mol. The van der Waals surface area contributed by atoms with Gasteiger partial charge in [-0.3, -0.25) is 4.79 Å². The standard InChI is InChI=1S/C12H26N2O.ClH/c1-11(2,3)8-6-7-10(15)14-12(4,5)9-13;/h6-9,13H2,1-5H3,(H,14,15);1H. The Bertz CT molecular complexity index is 210. The summed E-state index contributed by atoms with van der Waals surface area (Å²) in [4.78, 5) is 11.5. The summed E-state index contributed by atoms with van der Waals surface area (Å²) in [7, 11) is 0. The van der Waals surface area contributed by atoms with Crippen LogP contribution in [0.4, 0.5) is 0 Å². The summed E-state index contributed by atoms with van der Waals surface area (Å²) < 4.78 is 0. The molecule has 0 aliphatic rings. The molecule has 0 saturated heterocycles. The summed E-state index contributed by atoms with van der Waals surface area (Å²) in [5.74, 6) is 0.106. The SMILES string of the molecule is CC(C)(C)CCCC(=O)NC(C)(C)CN.Cl. The summed E-state index contributed by atoms with van der Waals surface area (Å²) in [5, 5.41) is 2.93. The van der Waals surface area contributed by atoms with E-state index in [-0.39, 0.29) is 23.9 Å². The monoisotopic (exact) mass is 250 g/mol. The molecule has 0 aliphatic heterocycles. The van der Waals surface area contributed by atoms with Crippen LogP contribution in [-0.2, 0) is 4.79 Å². The summed E-state index contributed by atoms with van der Waals surface area (Å²) in [6.07, 6.45) is 2.61. The van der Waals surface area contributed by atoms with E-state index in [0.29, 0.717) is 18.4 Å². The van der Waals surface area contributed by atoms with Crippen LogP contribution in [0.2, 0.25) is 0 Å². The Morgan fingerprint density at radius 1 is 1.19 bits per heavy atom. The fourth-order valence-electron chi connectivity index (χ4n) is 1.27. The maximum Gasteiger partial charge on any atom is 0.220 e. The van der Waals surface area contributed by atoms with Crippen LogP contribution in [0.15, 0.2) is 0 Å². The minimum absolute atomic E-state index is 0. The maximum absolute atomic E-state index is 11.5. The number of nitrogens with one attached hydrogen (secondary N) is 1. The molecule has 0 aromatic heterocycles. The van der Waals surface area contributed by atoms with E-state index in [2.05, 4.69) is 26.1 Å². The van der Waals surface area contributed by atoms with Gasteiger partial charge in [0.1, 0.15) is 0 Å². The van der Waals surface area contributed by atoms with E-state index >= 15 is 0 Å². The third-order valence-electron chi connectivity index (χ3n) is 2.32. The molecule has 0 saturated carbocycles. The first kappa shape index (κ1) is 18.1. The molecule has 3 nitrogen and oxygen atoms in total. The highest BCUT2D eigenvalue weighted by Gasteiger charge is 2.18. The van der Waals surface area contributed by atoms with Gasteiger partial charge in [0.2, 0.25) is 5.91 Å². The number of rotatable bonds is 5. The molecule has 98 valence electrons. The number of carbonyl (C=O) groups excluding carboxylic acids is 1. The molecule has 0 radical (unpaired) electrons. The third kappa shape index (κ3) is 10.2. The first-order valence-corrected chi connectivity index (χ1v) is 5.67. The van der Waals surface area contributed by atoms with Crippen LogP contribution >= 0.6 is 12.4 Å². The fourth-order valence-corrected chi connectivity index (χ4v) is 1.27. The van der Waals surface area contributed by atoms with Crippen LogP contribution < -0.4 is 11.1 Å². The fraction of sp³-hybridized carbons (Fsp3) is 0.917. The Hall–Kier alpha value is -0.280. The van der Waals surface area contributed by atoms with Crippen LogP contribution in [0.5, 0.6) is 0 Å². The number of carbonyl (C=O) groups is 1. The van der Waals surface area contributed by atoms with Crippen molar-refractivity contribution < 1.29 is 4.79 Å². The van der Waals surface area contributed by atoms with E-state index in [1.165, 1.54) is 0 Å². The first-order chi connectivity index (χ1) is 6.66. The molecule has 0 spiro atoms. The predicted octanol–water partition coefficient (Wildman–Crippen LogP) is 2.48. The summed E-state index contributed by atoms with van der Waals surface area (Å²) >= 11 is 0. The van der Waals surface area contributed by atoms with E-state index in [1.807, 2.05) is 13.8 Å². The van der Waals surface area contributed by atoms with Gasteiger partial charge in [0, 0.05) is 18.5 Å². The van der Waals surface area contributed by atoms with Crippen molar-refractivity contribution in [2.45, 2.75) is 59.4 Å². The van der Waals surface area contributed by atoms with Crippen molar-refractivity contribution in [1.29, 1.82) is 0 Å². The molecule has 0 atom stereocenters. The molecule has 0 aromatic rings. The minimum atomic E-state index is -0.279. The Morgan fingerprint density at radius 3 is 2.06 bits per heavy atom. The van der Waals surface area contributed by atoms with Crippen LogP contribution in [0.25, 0.3) is 0 Å². The molecule has 0 fully saturated rings. The molecule has 0 aliphatic carbocycles. The van der Waals surface area contributed by atoms with Gasteiger partial charge in [0.05, 0.1) is 0 Å². The van der Waals surface area contributed by atoms with Crippen molar-refractivity contribution in [2.75, 3.05) is 6.54 Å². The second-order valence-corrected chi connectivity index (χ2v) is 6.05. The normalized spacial score (nSPS) is 11.9. The Morgan fingerprint density at radius 2 is 1.69 bits per heavy atom. The molecule has 0 heterocycles. The number of halogens is 1. The van der Waals surface area contributed by atoms with Gasteiger partial charge >= 0.3 is 0 Å². The first-order valence-electron chi connectivity index (χ1n) is 5.67. The molecule has 0 bridgehead atoms. The number of hydrogen-bond donors (Lipinski definition) is 2. The van der Waals surface area contributed by atoms with Crippen LogP contribution in [0, 0.1) is 5.41 Å². The molecule has 3 N–H and O–H groups in total. The smallest absolute Gasteiger partial charge is 0.220 e. The van der Waals surface area contributed by atoms with Crippen molar-refractivity contribution in [1.82, 2.24) is 5.32 Å². The van der Waals surface area contributed by atoms with Gasteiger partial charge in [0.25, 0.3) is 0 Å². The lowest BCUT2D eigenvalue weighted by molar-refractivity contribution is -0.122. The van der Waals surface area contributed by atoms with Gasteiger partial charge in [-0.05, 0) is 32.1 Å². The Balaban J connectivity index is 0. The average molecular weight is 251 g/mol. The maximum atomic E-state index is 11.5. The van der Waals surface area contributed by atoms with Gasteiger partial charge in [-0.25, -0.2) is 0 Å².